The lowest BCUT2D eigenvalue weighted by Gasteiger charge is -2.13. The second kappa shape index (κ2) is 8.70. The van der Waals surface area contributed by atoms with Gasteiger partial charge in [0.15, 0.2) is 5.75 Å². The summed E-state index contributed by atoms with van der Waals surface area (Å²) in [6.45, 7) is 3.64. The van der Waals surface area contributed by atoms with Crippen molar-refractivity contribution in [3.8, 4) is 11.5 Å². The average Bonchev–Trinajstić information content (AvgIpc) is 2.53. The minimum Gasteiger partial charge on any atom is -0.454 e. The smallest absolute Gasteiger partial charge is 0.226 e. The Hall–Kier alpha value is -1.56. The Labute approximate surface area is 164 Å². The molecule has 0 atom stereocenters. The van der Waals surface area contributed by atoms with E-state index in [1.807, 2.05) is 13.8 Å². The fourth-order valence-corrected chi connectivity index (χ4v) is 3.05. The number of rotatable bonds is 6. The van der Waals surface area contributed by atoms with E-state index in [-0.39, 0.29) is 18.2 Å². The van der Waals surface area contributed by atoms with Crippen LogP contribution in [0.3, 0.4) is 0 Å². The highest BCUT2D eigenvalue weighted by molar-refractivity contribution is 9.10. The van der Waals surface area contributed by atoms with Gasteiger partial charge < -0.3 is 14.8 Å². The third-order valence-electron chi connectivity index (χ3n) is 3.32. The Morgan fingerprint density at radius 3 is 2.40 bits per heavy atom. The lowest BCUT2D eigenvalue weighted by atomic mass is 10.1. The van der Waals surface area contributed by atoms with Crippen LogP contribution >= 0.6 is 39.1 Å². The zero-order valence-corrected chi connectivity index (χ0v) is 16.7. The van der Waals surface area contributed by atoms with Gasteiger partial charge in [-0.05, 0) is 51.8 Å². The third-order valence-corrected chi connectivity index (χ3v) is 4.54. The second-order valence-corrected chi connectivity index (χ2v) is 7.32. The van der Waals surface area contributed by atoms with E-state index in [4.69, 9.17) is 27.9 Å². The highest BCUT2D eigenvalue weighted by Gasteiger charge is 2.13. The van der Waals surface area contributed by atoms with Gasteiger partial charge in [-0.25, -0.2) is 0 Å². The molecule has 0 aliphatic heterocycles. The zero-order valence-electron chi connectivity index (χ0n) is 13.6. The van der Waals surface area contributed by atoms with E-state index in [1.165, 1.54) is 0 Å². The number of carbonyl (C=O) groups is 2. The fraction of sp³-hybridized carbons (Fsp3) is 0.222. The van der Waals surface area contributed by atoms with E-state index < -0.39 is 0 Å². The van der Waals surface area contributed by atoms with Crippen molar-refractivity contribution in [1.82, 2.24) is 0 Å². The van der Waals surface area contributed by atoms with Gasteiger partial charge in [-0.3, -0.25) is 4.79 Å². The molecule has 0 radical (unpaired) electrons. The Bertz CT molecular complexity index is 786. The van der Waals surface area contributed by atoms with E-state index >= 15 is 0 Å². The van der Waals surface area contributed by atoms with Crippen molar-refractivity contribution in [2.75, 3.05) is 5.32 Å². The number of benzene rings is 2. The Balaban J connectivity index is 2.22. The molecular weight excluding hydrogens is 429 g/mol. The summed E-state index contributed by atoms with van der Waals surface area (Å²) in [6, 6.07) is 8.42. The lowest BCUT2D eigenvalue weighted by Crippen LogP contribution is -2.17. The highest BCUT2D eigenvalue weighted by atomic mass is 79.9. The van der Waals surface area contributed by atoms with Crippen LogP contribution in [-0.2, 0) is 16.0 Å². The fourth-order valence-electron chi connectivity index (χ4n) is 1.98. The summed E-state index contributed by atoms with van der Waals surface area (Å²) in [5, 5.41) is 3.45. The van der Waals surface area contributed by atoms with Crippen molar-refractivity contribution in [2.45, 2.75) is 20.3 Å². The molecular formula is C18H16BrCl2NO3. The summed E-state index contributed by atoms with van der Waals surface area (Å²) >= 11 is 15.8. The number of ether oxygens (including phenoxy) is 1. The molecule has 0 saturated heterocycles. The second-order valence-electron chi connectivity index (χ2n) is 5.65. The van der Waals surface area contributed by atoms with E-state index in [0.29, 0.717) is 37.3 Å². The lowest BCUT2D eigenvalue weighted by molar-refractivity contribution is -0.118. The molecule has 2 aromatic carbocycles. The van der Waals surface area contributed by atoms with Crippen molar-refractivity contribution in [2.24, 2.45) is 5.92 Å². The van der Waals surface area contributed by atoms with Crippen LogP contribution in [0.15, 0.2) is 34.8 Å². The summed E-state index contributed by atoms with van der Waals surface area (Å²) in [6.07, 6.45) is 1.01. The van der Waals surface area contributed by atoms with Gasteiger partial charge in [-0.1, -0.05) is 37.0 Å². The largest absolute Gasteiger partial charge is 0.454 e. The number of carbonyl (C=O) groups excluding carboxylic acids is 2. The van der Waals surface area contributed by atoms with Crippen molar-refractivity contribution in [1.29, 1.82) is 0 Å². The Kier molecular flexibility index (Phi) is 6.87. The molecule has 1 amide bonds. The summed E-state index contributed by atoms with van der Waals surface area (Å²) in [4.78, 5) is 22.4. The molecule has 4 nitrogen and oxygen atoms in total. The Morgan fingerprint density at radius 1 is 1.24 bits per heavy atom. The number of halogens is 3. The first-order valence-corrected chi connectivity index (χ1v) is 9.06. The van der Waals surface area contributed by atoms with Gasteiger partial charge in [0.05, 0.1) is 15.7 Å². The number of nitrogens with one attached hydrogen (secondary N) is 1. The van der Waals surface area contributed by atoms with Gasteiger partial charge in [0.1, 0.15) is 12.0 Å². The van der Waals surface area contributed by atoms with Crippen LogP contribution < -0.4 is 10.1 Å². The van der Waals surface area contributed by atoms with Crippen LogP contribution in [0.1, 0.15) is 19.4 Å². The Morgan fingerprint density at radius 2 is 1.88 bits per heavy atom. The van der Waals surface area contributed by atoms with E-state index in [9.17, 15) is 9.59 Å². The standard InChI is InChI=1S/C18H16BrCl2NO3/c1-10(2)18(24)22-16-4-3-12(9-13(16)19)25-17-14(20)7-11(5-6-23)8-15(17)21/h3-4,6-10H,5H2,1-2H3,(H,22,24). The van der Waals surface area contributed by atoms with Crippen LogP contribution in [0.5, 0.6) is 11.5 Å². The van der Waals surface area contributed by atoms with Crippen LogP contribution in [0.4, 0.5) is 5.69 Å². The predicted molar refractivity (Wildman–Crippen MR) is 104 cm³/mol. The molecule has 0 aromatic heterocycles. The SMILES string of the molecule is CC(C)C(=O)Nc1ccc(Oc2c(Cl)cc(CC=O)cc2Cl)cc1Br. The highest BCUT2D eigenvalue weighted by Crippen LogP contribution is 2.39. The third kappa shape index (κ3) is 5.21. The molecule has 0 bridgehead atoms. The monoisotopic (exact) mass is 443 g/mol. The number of hydrogen-bond donors (Lipinski definition) is 1. The van der Waals surface area contributed by atoms with Gasteiger partial charge in [0, 0.05) is 16.8 Å². The maximum absolute atomic E-state index is 11.8. The van der Waals surface area contributed by atoms with Crippen molar-refractivity contribution in [3.63, 3.8) is 0 Å². The molecule has 25 heavy (non-hydrogen) atoms. The van der Waals surface area contributed by atoms with Crippen LogP contribution in [0, 0.1) is 5.92 Å². The average molecular weight is 445 g/mol. The summed E-state index contributed by atoms with van der Waals surface area (Å²) in [5.74, 6) is 0.613. The van der Waals surface area contributed by atoms with Crippen molar-refractivity contribution >= 4 is 57.0 Å². The molecule has 0 aliphatic carbocycles. The van der Waals surface area contributed by atoms with Gasteiger partial charge in [0.2, 0.25) is 5.91 Å². The summed E-state index contributed by atoms with van der Waals surface area (Å²) in [7, 11) is 0. The zero-order chi connectivity index (χ0) is 18.6. The maximum atomic E-state index is 11.8. The quantitative estimate of drug-likeness (QED) is 0.565. The molecule has 0 unspecified atom stereocenters. The van der Waals surface area contributed by atoms with Crippen molar-refractivity contribution in [3.05, 3.63) is 50.4 Å². The maximum Gasteiger partial charge on any atom is 0.226 e. The van der Waals surface area contributed by atoms with Gasteiger partial charge in [-0.15, -0.1) is 0 Å². The molecule has 0 saturated carbocycles. The number of aldehydes is 1. The van der Waals surface area contributed by atoms with Crippen LogP contribution in [-0.4, -0.2) is 12.2 Å². The molecule has 2 aromatic rings. The first-order valence-electron chi connectivity index (χ1n) is 7.51. The molecule has 132 valence electrons. The molecule has 1 N–H and O–H groups in total. The molecule has 0 fully saturated rings. The van der Waals surface area contributed by atoms with Gasteiger partial charge in [-0.2, -0.15) is 0 Å². The molecule has 0 spiro atoms. The van der Waals surface area contributed by atoms with E-state index in [2.05, 4.69) is 21.2 Å². The molecule has 2 rings (SSSR count). The number of hydrogen-bond acceptors (Lipinski definition) is 3. The van der Waals surface area contributed by atoms with Crippen LogP contribution in [0.25, 0.3) is 0 Å². The number of amides is 1. The minimum absolute atomic E-state index is 0.0776. The molecule has 7 heteroatoms. The predicted octanol–water partition coefficient (Wildman–Crippen LogP) is 5.88. The number of anilines is 1. The van der Waals surface area contributed by atoms with Crippen molar-refractivity contribution < 1.29 is 14.3 Å². The van der Waals surface area contributed by atoms with E-state index in [0.717, 1.165) is 6.29 Å². The molecule has 0 aliphatic rings. The van der Waals surface area contributed by atoms with Crippen LogP contribution in [0.2, 0.25) is 10.0 Å². The summed E-state index contributed by atoms with van der Waals surface area (Å²) < 4.78 is 6.44. The summed E-state index contributed by atoms with van der Waals surface area (Å²) in [5.41, 5.74) is 1.36. The van der Waals surface area contributed by atoms with E-state index in [1.54, 1.807) is 30.3 Å². The first-order chi connectivity index (χ1) is 11.8. The van der Waals surface area contributed by atoms with Gasteiger partial charge >= 0.3 is 0 Å². The normalized spacial score (nSPS) is 10.6. The minimum atomic E-state index is -0.120. The van der Waals surface area contributed by atoms with Gasteiger partial charge in [0.25, 0.3) is 0 Å². The first kappa shape index (κ1) is 19.8. The topological polar surface area (TPSA) is 55.4 Å². The molecule has 0 heterocycles.